The van der Waals surface area contributed by atoms with Crippen molar-refractivity contribution in [3.8, 4) is 0 Å². The molecule has 18 nitrogen and oxygen atoms in total. The van der Waals surface area contributed by atoms with E-state index in [-0.39, 0.29) is 48.8 Å². The van der Waals surface area contributed by atoms with Gasteiger partial charge in [-0.2, -0.15) is 0 Å². The SMILES string of the molecule is CC=O.CCCC.Cc1ncc(N2CC3(COC3)C2)cc1NC(=O)OC(C)(C)C.N=C(Cc1ccc(F)c(C(=O)N2CCN(C(=O)CNCCOCCNC=O)CC2)c1)c1ccccc1C(N)=O. The Morgan fingerprint density at radius 1 is 0.926 bits per heavy atom. The summed E-state index contributed by atoms with van der Waals surface area (Å²) in [5, 5.41) is 16.7. The maximum absolute atomic E-state index is 14.6. The third-order valence-electron chi connectivity index (χ3n) is 10.7. The van der Waals surface area contributed by atoms with E-state index in [4.69, 9.17) is 30.1 Å². The number of piperazine rings is 1. The molecular weight excluding hydrogens is 878 g/mol. The molecule has 5 amide bonds. The summed E-state index contributed by atoms with van der Waals surface area (Å²) in [5.74, 6) is -1.90. The van der Waals surface area contributed by atoms with Crippen LogP contribution >= 0.6 is 0 Å². The Hall–Kier alpha value is -6.31. The van der Waals surface area contributed by atoms with Crippen molar-refractivity contribution >= 4 is 53.6 Å². The summed E-state index contributed by atoms with van der Waals surface area (Å²) in [6, 6.07) is 12.6. The molecule has 3 aliphatic heterocycles. The van der Waals surface area contributed by atoms with E-state index in [2.05, 4.69) is 39.7 Å². The number of anilines is 2. The van der Waals surface area contributed by atoms with Crippen molar-refractivity contribution in [1.29, 1.82) is 5.41 Å². The van der Waals surface area contributed by atoms with Crippen molar-refractivity contribution in [3.05, 3.63) is 88.5 Å². The maximum atomic E-state index is 14.6. The van der Waals surface area contributed by atoms with E-state index in [9.17, 15) is 28.4 Å². The minimum atomic E-state index is -0.667. The van der Waals surface area contributed by atoms with Crippen LogP contribution in [0.3, 0.4) is 0 Å². The zero-order valence-electron chi connectivity index (χ0n) is 40.6. The van der Waals surface area contributed by atoms with Gasteiger partial charge in [-0.15, -0.1) is 0 Å². The first kappa shape index (κ1) is 56.0. The number of carbonyl (C=O) groups is 6. The third-order valence-corrected chi connectivity index (χ3v) is 10.7. The van der Waals surface area contributed by atoms with Crippen LogP contribution in [0.2, 0.25) is 0 Å². The van der Waals surface area contributed by atoms with Gasteiger partial charge in [-0.05, 0) is 64.4 Å². The van der Waals surface area contributed by atoms with Gasteiger partial charge in [0, 0.05) is 75.6 Å². The number of aryl methyl sites for hydroxylation is 1. The average Bonchev–Trinajstić information content (AvgIpc) is 3.27. The number of rotatable bonds is 17. The molecule has 2 aromatic carbocycles. The molecule has 0 bridgehead atoms. The van der Waals surface area contributed by atoms with Gasteiger partial charge in [0.25, 0.3) is 5.91 Å². The Kier molecular flexibility index (Phi) is 23.2. The fourth-order valence-corrected chi connectivity index (χ4v) is 6.93. The van der Waals surface area contributed by atoms with Crippen molar-refractivity contribution in [2.45, 2.75) is 73.3 Å². The number of unbranched alkanes of at least 4 members (excludes halogenated alkanes) is 1. The van der Waals surface area contributed by atoms with Crippen LogP contribution in [0.15, 0.2) is 54.7 Å². The molecule has 0 aliphatic carbocycles. The fraction of sp³-hybridized carbons (Fsp3) is 0.510. The molecule has 6 N–H and O–H groups in total. The molecule has 0 atom stereocenters. The molecule has 4 heterocycles. The van der Waals surface area contributed by atoms with Crippen molar-refractivity contribution in [1.82, 2.24) is 25.4 Å². The summed E-state index contributed by atoms with van der Waals surface area (Å²) in [4.78, 5) is 77.9. The Morgan fingerprint density at radius 3 is 2.12 bits per heavy atom. The van der Waals surface area contributed by atoms with Crippen molar-refractivity contribution in [2.75, 3.05) is 95.5 Å². The lowest BCUT2D eigenvalue weighted by Gasteiger charge is -2.55. The second-order valence-electron chi connectivity index (χ2n) is 17.5. The molecule has 0 radical (unpaired) electrons. The Morgan fingerprint density at radius 2 is 1.54 bits per heavy atom. The molecule has 0 saturated carbocycles. The molecular formula is C49H70FN9O9. The number of pyridine rings is 1. The van der Waals surface area contributed by atoms with Gasteiger partial charge in [-0.3, -0.25) is 29.5 Å². The van der Waals surface area contributed by atoms with Crippen LogP contribution in [0.25, 0.3) is 0 Å². The van der Waals surface area contributed by atoms with Crippen LogP contribution in [-0.2, 0) is 35.0 Å². The number of aldehydes is 1. The lowest BCUT2D eigenvalue weighted by Crippen LogP contribution is -2.66. The summed E-state index contributed by atoms with van der Waals surface area (Å²) < 4.78 is 30.5. The fourth-order valence-electron chi connectivity index (χ4n) is 6.93. The molecule has 3 fully saturated rings. The summed E-state index contributed by atoms with van der Waals surface area (Å²) in [6.07, 6.45) is 5.47. The Balaban J connectivity index is 0.000000352. The van der Waals surface area contributed by atoms with E-state index < -0.39 is 29.3 Å². The molecule has 0 unspecified atom stereocenters. The number of ether oxygens (including phenoxy) is 3. The summed E-state index contributed by atoms with van der Waals surface area (Å²) >= 11 is 0. The number of nitrogens with one attached hydrogen (secondary N) is 4. The first-order valence-electron chi connectivity index (χ1n) is 22.9. The molecule has 1 spiro atoms. The number of carbonyl (C=O) groups excluding carboxylic acids is 6. The predicted octanol–water partition coefficient (Wildman–Crippen LogP) is 4.76. The number of nitrogens with zero attached hydrogens (tertiary/aromatic N) is 4. The van der Waals surface area contributed by atoms with Gasteiger partial charge in [0.05, 0.1) is 67.2 Å². The van der Waals surface area contributed by atoms with Gasteiger partial charge in [0.15, 0.2) is 0 Å². The van der Waals surface area contributed by atoms with Crippen LogP contribution in [0.5, 0.6) is 0 Å². The van der Waals surface area contributed by atoms with E-state index in [1.165, 1.54) is 42.9 Å². The van der Waals surface area contributed by atoms with E-state index in [1.807, 2.05) is 40.0 Å². The first-order valence-corrected chi connectivity index (χ1v) is 22.9. The highest BCUT2D eigenvalue weighted by molar-refractivity contribution is 6.09. The van der Waals surface area contributed by atoms with Crippen LogP contribution in [0, 0.1) is 23.6 Å². The van der Waals surface area contributed by atoms with Crippen LogP contribution < -0.4 is 26.6 Å². The lowest BCUT2D eigenvalue weighted by molar-refractivity contribution is -0.131. The number of hydrogen-bond acceptors (Lipinski definition) is 13. The molecule has 68 heavy (non-hydrogen) atoms. The van der Waals surface area contributed by atoms with E-state index in [0.717, 1.165) is 44.0 Å². The van der Waals surface area contributed by atoms with Crippen molar-refractivity contribution in [3.63, 3.8) is 0 Å². The number of benzene rings is 2. The number of aromatic nitrogens is 1. The molecule has 372 valence electrons. The molecule has 3 aliphatic rings. The van der Waals surface area contributed by atoms with E-state index in [1.54, 1.807) is 29.2 Å². The quantitative estimate of drug-likeness (QED) is 0.0700. The summed E-state index contributed by atoms with van der Waals surface area (Å²) in [6.45, 7) is 19.9. The number of halogens is 1. The van der Waals surface area contributed by atoms with E-state index in [0.29, 0.717) is 68.0 Å². The minimum absolute atomic E-state index is 0.0841. The monoisotopic (exact) mass is 948 g/mol. The smallest absolute Gasteiger partial charge is 0.412 e. The highest BCUT2D eigenvalue weighted by atomic mass is 19.1. The summed E-state index contributed by atoms with van der Waals surface area (Å²) in [7, 11) is 0. The van der Waals surface area contributed by atoms with E-state index >= 15 is 0 Å². The standard InChI is InChI=1S/C27H33FN6O5.C16H23N3O3.C4H10.C2H4O/c28-23-6-5-19(16-24(29)20-3-1-2-4-21(20)26(30)37)15-22(23)27(38)34-11-9-33(10-12-34)25(36)17-31-7-13-39-14-8-32-18-35;1-11-13(18-14(20)22-15(2,3)4)5-12(6-17-11)19-7-16(8-19)9-21-10-16;1-3-4-2;1-2-3/h1-6,15,18,29,31H,7-14,16-17H2,(H2,30,37)(H,32,35);5-6H,7-10H2,1-4H3,(H,18,20);3-4H2,1-2H3;2H,1H3. The lowest BCUT2D eigenvalue weighted by atomic mass is 9.78. The Labute approximate surface area is 399 Å². The van der Waals surface area contributed by atoms with Crippen molar-refractivity contribution in [2.24, 2.45) is 11.1 Å². The topological polar surface area (TPSA) is 239 Å². The maximum Gasteiger partial charge on any atom is 0.412 e. The molecule has 3 saturated heterocycles. The van der Waals surface area contributed by atoms with Crippen LogP contribution in [0.1, 0.15) is 91.9 Å². The normalized spacial score (nSPS) is 14.4. The van der Waals surface area contributed by atoms with Gasteiger partial charge in [0.2, 0.25) is 18.2 Å². The van der Waals surface area contributed by atoms with Crippen LogP contribution in [-0.4, -0.2) is 148 Å². The zero-order valence-corrected chi connectivity index (χ0v) is 40.6. The largest absolute Gasteiger partial charge is 0.444 e. The average molecular weight is 948 g/mol. The second-order valence-corrected chi connectivity index (χ2v) is 17.5. The highest BCUT2D eigenvalue weighted by Gasteiger charge is 2.49. The number of hydrogen-bond donors (Lipinski definition) is 5. The molecule has 1 aromatic heterocycles. The van der Waals surface area contributed by atoms with Gasteiger partial charge in [0.1, 0.15) is 17.7 Å². The summed E-state index contributed by atoms with van der Waals surface area (Å²) in [5.41, 5.74) is 8.92. The van der Waals surface area contributed by atoms with Crippen molar-refractivity contribution < 1.29 is 47.4 Å². The molecule has 19 heteroatoms. The van der Waals surface area contributed by atoms with Crippen LogP contribution in [0.4, 0.5) is 20.6 Å². The number of nitrogens with two attached hydrogens (primary N) is 1. The number of amides is 5. The van der Waals surface area contributed by atoms with Gasteiger partial charge >= 0.3 is 6.09 Å². The van der Waals surface area contributed by atoms with Gasteiger partial charge < -0.3 is 55.5 Å². The first-order chi connectivity index (χ1) is 32.4. The van der Waals surface area contributed by atoms with Gasteiger partial charge in [-0.25, -0.2) is 9.18 Å². The molecule has 6 rings (SSSR count). The molecule has 3 aromatic rings. The highest BCUT2D eigenvalue weighted by Crippen LogP contribution is 2.40. The van der Waals surface area contributed by atoms with Gasteiger partial charge in [-0.1, -0.05) is 51.0 Å². The second kappa shape index (κ2) is 28.1. The minimum Gasteiger partial charge on any atom is -0.444 e. The number of primary amides is 1. The predicted molar refractivity (Wildman–Crippen MR) is 259 cm³/mol. The zero-order chi connectivity index (χ0) is 50.3. The third kappa shape index (κ3) is 18.1. The Bertz CT molecular complexity index is 2150.